The Morgan fingerprint density at radius 3 is 2.59 bits per heavy atom. The fourth-order valence-corrected chi connectivity index (χ4v) is 3.66. The van der Waals surface area contributed by atoms with Gasteiger partial charge in [-0.05, 0) is 36.1 Å². The Morgan fingerprint density at radius 1 is 1.19 bits per heavy atom. The van der Waals surface area contributed by atoms with E-state index in [1.54, 1.807) is 0 Å². The molecule has 2 aromatic carbocycles. The molecule has 0 radical (unpaired) electrons. The predicted molar refractivity (Wildman–Crippen MR) is 121 cm³/mol. The zero-order valence-electron chi connectivity index (χ0n) is 17.4. The van der Waals surface area contributed by atoms with Crippen LogP contribution in [-0.4, -0.2) is 47.4 Å². The number of nitrogens with one attached hydrogen (secondary N) is 1. The first-order valence-corrected chi connectivity index (χ1v) is 10.6. The number of rotatable bonds is 8. The summed E-state index contributed by atoms with van der Waals surface area (Å²) in [6.45, 7) is 2.28. The number of piperidine rings is 1. The number of benzene rings is 2. The highest BCUT2D eigenvalue weighted by molar-refractivity contribution is 6.32. The van der Waals surface area contributed by atoms with Crippen molar-refractivity contribution >= 4 is 35.2 Å². The van der Waals surface area contributed by atoms with Gasteiger partial charge in [0, 0.05) is 37.8 Å². The van der Waals surface area contributed by atoms with Gasteiger partial charge in [-0.1, -0.05) is 48.0 Å². The zero-order chi connectivity index (χ0) is 22.9. The molecule has 1 saturated heterocycles. The number of amides is 1. The van der Waals surface area contributed by atoms with E-state index in [1.165, 1.54) is 29.8 Å². The summed E-state index contributed by atoms with van der Waals surface area (Å²) in [6.07, 6.45) is 4.15. The number of halogens is 1. The molecule has 1 N–H and O–H groups in total. The van der Waals surface area contributed by atoms with Crippen LogP contribution >= 0.6 is 11.6 Å². The fourth-order valence-electron chi connectivity index (χ4n) is 3.47. The molecule has 0 saturated carbocycles. The summed E-state index contributed by atoms with van der Waals surface area (Å²) in [7, 11) is 0. The standard InChI is InChI=1S/C23H24ClN3O5/c24-20-8-6-17(14-21(20)27(30)31)7-9-23(29)32-16-22(28)25-19-10-12-26(13-11-19)15-18-4-2-1-3-5-18/h1-9,14,19H,10-13,15-16H2,(H,25,28)/b9-7+. The molecule has 1 aliphatic rings. The Labute approximate surface area is 191 Å². The molecule has 1 heterocycles. The van der Waals surface area contributed by atoms with Crippen molar-refractivity contribution < 1.29 is 19.2 Å². The van der Waals surface area contributed by atoms with Gasteiger partial charge in [0.2, 0.25) is 0 Å². The van der Waals surface area contributed by atoms with Crippen LogP contribution in [0, 0.1) is 10.1 Å². The summed E-state index contributed by atoms with van der Waals surface area (Å²) in [5.41, 5.74) is 1.43. The van der Waals surface area contributed by atoms with Gasteiger partial charge in [0.1, 0.15) is 5.02 Å². The topological polar surface area (TPSA) is 102 Å². The van der Waals surface area contributed by atoms with Crippen molar-refractivity contribution in [2.45, 2.75) is 25.4 Å². The number of ether oxygens (including phenoxy) is 1. The van der Waals surface area contributed by atoms with Crippen LogP contribution in [-0.2, 0) is 20.9 Å². The molecule has 0 spiro atoms. The second-order valence-electron chi connectivity index (χ2n) is 7.51. The maximum atomic E-state index is 12.1. The monoisotopic (exact) mass is 457 g/mol. The number of likely N-dealkylation sites (tertiary alicyclic amines) is 1. The first-order chi connectivity index (χ1) is 15.4. The van der Waals surface area contributed by atoms with Gasteiger partial charge in [0.15, 0.2) is 6.61 Å². The van der Waals surface area contributed by atoms with Crippen LogP contribution in [0.3, 0.4) is 0 Å². The van der Waals surface area contributed by atoms with E-state index in [0.29, 0.717) is 5.56 Å². The van der Waals surface area contributed by atoms with E-state index in [1.807, 2.05) is 18.2 Å². The summed E-state index contributed by atoms with van der Waals surface area (Å²) in [6, 6.07) is 14.5. The van der Waals surface area contributed by atoms with Crippen LogP contribution in [0.2, 0.25) is 5.02 Å². The highest BCUT2D eigenvalue weighted by atomic mass is 35.5. The second kappa shape index (κ2) is 11.4. The Balaban J connectivity index is 1.38. The van der Waals surface area contributed by atoms with Crippen molar-refractivity contribution in [2.75, 3.05) is 19.7 Å². The molecule has 0 atom stereocenters. The van der Waals surface area contributed by atoms with E-state index in [4.69, 9.17) is 16.3 Å². The van der Waals surface area contributed by atoms with Gasteiger partial charge in [0.05, 0.1) is 4.92 Å². The summed E-state index contributed by atoms with van der Waals surface area (Å²) in [5.74, 6) is -1.06. The third-order valence-corrected chi connectivity index (χ3v) is 5.45. The molecule has 3 rings (SSSR count). The average Bonchev–Trinajstić information content (AvgIpc) is 2.79. The smallest absolute Gasteiger partial charge is 0.331 e. The molecule has 0 bridgehead atoms. The zero-order valence-corrected chi connectivity index (χ0v) is 18.2. The summed E-state index contributed by atoms with van der Waals surface area (Å²) >= 11 is 5.76. The minimum Gasteiger partial charge on any atom is -0.452 e. The lowest BCUT2D eigenvalue weighted by molar-refractivity contribution is -0.384. The van der Waals surface area contributed by atoms with Crippen molar-refractivity contribution in [3.05, 3.63) is 80.9 Å². The Bertz CT molecular complexity index is 988. The number of carbonyl (C=O) groups is 2. The van der Waals surface area contributed by atoms with Gasteiger partial charge in [-0.2, -0.15) is 0 Å². The van der Waals surface area contributed by atoms with Gasteiger partial charge in [0.25, 0.3) is 11.6 Å². The lowest BCUT2D eigenvalue weighted by Crippen LogP contribution is -2.45. The highest BCUT2D eigenvalue weighted by Gasteiger charge is 2.21. The van der Waals surface area contributed by atoms with Crippen LogP contribution in [0.1, 0.15) is 24.0 Å². The minimum absolute atomic E-state index is 0.0114. The van der Waals surface area contributed by atoms with E-state index in [9.17, 15) is 19.7 Å². The lowest BCUT2D eigenvalue weighted by Gasteiger charge is -2.32. The number of esters is 1. The summed E-state index contributed by atoms with van der Waals surface area (Å²) in [5, 5.41) is 13.8. The highest BCUT2D eigenvalue weighted by Crippen LogP contribution is 2.25. The first-order valence-electron chi connectivity index (χ1n) is 10.2. The number of hydrogen-bond acceptors (Lipinski definition) is 6. The molecule has 168 valence electrons. The van der Waals surface area contributed by atoms with Gasteiger partial charge < -0.3 is 10.1 Å². The average molecular weight is 458 g/mol. The van der Waals surface area contributed by atoms with Gasteiger partial charge in [-0.15, -0.1) is 0 Å². The maximum absolute atomic E-state index is 12.1. The minimum atomic E-state index is -0.713. The fraction of sp³-hybridized carbons (Fsp3) is 0.304. The van der Waals surface area contributed by atoms with Crippen molar-refractivity contribution in [1.82, 2.24) is 10.2 Å². The second-order valence-corrected chi connectivity index (χ2v) is 7.92. The number of carbonyl (C=O) groups excluding carboxylic acids is 2. The third-order valence-electron chi connectivity index (χ3n) is 5.13. The predicted octanol–water partition coefficient (Wildman–Crippen LogP) is 3.59. The van der Waals surface area contributed by atoms with E-state index < -0.39 is 10.9 Å². The van der Waals surface area contributed by atoms with E-state index >= 15 is 0 Å². The molecular weight excluding hydrogens is 434 g/mol. The number of hydrogen-bond donors (Lipinski definition) is 1. The molecule has 1 amide bonds. The van der Waals surface area contributed by atoms with E-state index in [2.05, 4.69) is 22.3 Å². The van der Waals surface area contributed by atoms with Crippen LogP contribution in [0.5, 0.6) is 0 Å². The molecule has 0 unspecified atom stereocenters. The van der Waals surface area contributed by atoms with Crippen LogP contribution in [0.4, 0.5) is 5.69 Å². The van der Waals surface area contributed by atoms with Gasteiger partial charge >= 0.3 is 5.97 Å². The quantitative estimate of drug-likeness (QED) is 0.281. The largest absolute Gasteiger partial charge is 0.452 e. The third kappa shape index (κ3) is 7.18. The van der Waals surface area contributed by atoms with Crippen LogP contribution < -0.4 is 5.32 Å². The van der Waals surface area contributed by atoms with Crippen molar-refractivity contribution in [3.8, 4) is 0 Å². The molecule has 1 fully saturated rings. The van der Waals surface area contributed by atoms with Crippen LogP contribution in [0.15, 0.2) is 54.6 Å². The number of nitrogens with zero attached hydrogens (tertiary/aromatic N) is 2. The SMILES string of the molecule is O=C(COC(=O)/C=C/c1ccc(Cl)c([N+](=O)[O-])c1)NC1CCN(Cc2ccccc2)CC1. The number of nitro groups is 1. The normalized spacial score (nSPS) is 14.9. The molecule has 1 aliphatic heterocycles. The number of nitro benzene ring substituents is 1. The summed E-state index contributed by atoms with van der Waals surface area (Å²) < 4.78 is 4.96. The summed E-state index contributed by atoms with van der Waals surface area (Å²) in [4.78, 5) is 36.6. The van der Waals surface area contributed by atoms with Crippen LogP contribution in [0.25, 0.3) is 6.08 Å². The first kappa shape index (κ1) is 23.4. The van der Waals surface area contributed by atoms with Crippen molar-refractivity contribution in [1.29, 1.82) is 0 Å². The Hall–Kier alpha value is -3.23. The van der Waals surface area contributed by atoms with Crippen molar-refractivity contribution in [2.24, 2.45) is 0 Å². The van der Waals surface area contributed by atoms with Crippen molar-refractivity contribution in [3.63, 3.8) is 0 Å². The Kier molecular flexibility index (Phi) is 8.35. The van der Waals surface area contributed by atoms with Gasteiger partial charge in [-0.3, -0.25) is 19.8 Å². The van der Waals surface area contributed by atoms with E-state index in [-0.39, 0.29) is 29.3 Å². The maximum Gasteiger partial charge on any atom is 0.331 e. The Morgan fingerprint density at radius 2 is 1.91 bits per heavy atom. The molecule has 32 heavy (non-hydrogen) atoms. The molecule has 9 heteroatoms. The molecule has 0 aliphatic carbocycles. The molecule has 2 aromatic rings. The molecule has 0 aromatic heterocycles. The molecule has 8 nitrogen and oxygen atoms in total. The van der Waals surface area contributed by atoms with E-state index in [0.717, 1.165) is 38.6 Å². The lowest BCUT2D eigenvalue weighted by atomic mass is 10.0. The van der Waals surface area contributed by atoms with Gasteiger partial charge in [-0.25, -0.2) is 4.79 Å². The molecular formula is C23H24ClN3O5.